The topological polar surface area (TPSA) is 75.6 Å². The van der Waals surface area contributed by atoms with E-state index in [1.165, 1.54) is 0 Å². The van der Waals surface area contributed by atoms with Crippen LogP contribution in [0.15, 0.2) is 66.7 Å². The predicted octanol–water partition coefficient (Wildman–Crippen LogP) is 5.02. The standard InChI is InChI=1S/C24H19F2NO4/c25-14-9-10-21(26)19(11-14)22(12-23(28)29)27-24(30)31-13-20-17-7-3-1-5-15(17)16-6-2-4-8-18(16)20/h1-11,20,22H,12-13H2,(H,27,30)(H,28,29)/t22-/m1/s1. The molecule has 1 amide bonds. The Morgan fingerprint density at radius 3 is 2.19 bits per heavy atom. The SMILES string of the molecule is O=C(O)C[C@@H](NC(=O)OCC1c2ccccc2-c2ccccc21)c1cc(F)ccc1F. The van der Waals surface area contributed by atoms with Crippen molar-refractivity contribution in [1.29, 1.82) is 0 Å². The van der Waals surface area contributed by atoms with Crippen LogP contribution in [-0.4, -0.2) is 23.8 Å². The van der Waals surface area contributed by atoms with Crippen LogP contribution < -0.4 is 5.32 Å². The van der Waals surface area contributed by atoms with Crippen LogP contribution >= 0.6 is 0 Å². The highest BCUT2D eigenvalue weighted by molar-refractivity contribution is 5.79. The molecular formula is C24H19F2NO4. The molecular weight excluding hydrogens is 404 g/mol. The lowest BCUT2D eigenvalue weighted by Crippen LogP contribution is -2.32. The van der Waals surface area contributed by atoms with Crippen molar-refractivity contribution in [2.45, 2.75) is 18.4 Å². The maximum absolute atomic E-state index is 14.1. The van der Waals surface area contributed by atoms with Crippen LogP contribution in [-0.2, 0) is 9.53 Å². The number of aliphatic carboxylic acids is 1. The number of ether oxygens (including phenoxy) is 1. The highest BCUT2D eigenvalue weighted by atomic mass is 19.1. The van der Waals surface area contributed by atoms with E-state index < -0.39 is 36.2 Å². The third-order valence-corrected chi connectivity index (χ3v) is 5.35. The number of alkyl carbamates (subject to hydrolysis) is 1. The fourth-order valence-corrected chi connectivity index (χ4v) is 3.98. The molecule has 0 spiro atoms. The van der Waals surface area contributed by atoms with E-state index in [0.29, 0.717) is 0 Å². The molecule has 5 nitrogen and oxygen atoms in total. The number of carboxylic acids is 1. The lowest BCUT2D eigenvalue weighted by molar-refractivity contribution is -0.137. The van der Waals surface area contributed by atoms with Crippen molar-refractivity contribution in [3.05, 3.63) is 95.1 Å². The van der Waals surface area contributed by atoms with E-state index in [-0.39, 0.29) is 18.1 Å². The highest BCUT2D eigenvalue weighted by Crippen LogP contribution is 2.44. The molecule has 0 heterocycles. The molecule has 0 bridgehead atoms. The molecule has 1 atom stereocenters. The third kappa shape index (κ3) is 4.26. The first-order valence-corrected chi connectivity index (χ1v) is 9.72. The van der Waals surface area contributed by atoms with Gasteiger partial charge in [-0.2, -0.15) is 0 Å². The van der Waals surface area contributed by atoms with Gasteiger partial charge in [0.2, 0.25) is 0 Å². The summed E-state index contributed by atoms with van der Waals surface area (Å²) in [5.74, 6) is -3.00. The van der Waals surface area contributed by atoms with Gasteiger partial charge in [-0.15, -0.1) is 0 Å². The smallest absolute Gasteiger partial charge is 0.407 e. The average molecular weight is 423 g/mol. The molecule has 0 radical (unpaired) electrons. The summed E-state index contributed by atoms with van der Waals surface area (Å²) in [4.78, 5) is 23.6. The third-order valence-electron chi connectivity index (χ3n) is 5.35. The number of carbonyl (C=O) groups excluding carboxylic acids is 1. The number of amides is 1. The van der Waals surface area contributed by atoms with Gasteiger partial charge in [0, 0.05) is 11.5 Å². The van der Waals surface area contributed by atoms with Gasteiger partial charge in [-0.05, 0) is 40.5 Å². The number of halogens is 2. The number of hydrogen-bond acceptors (Lipinski definition) is 3. The second kappa shape index (κ2) is 8.55. The molecule has 1 aliphatic carbocycles. The first kappa shape index (κ1) is 20.5. The Kier molecular flexibility index (Phi) is 5.66. The summed E-state index contributed by atoms with van der Waals surface area (Å²) in [5, 5.41) is 11.5. The minimum absolute atomic E-state index is 0.0191. The highest BCUT2D eigenvalue weighted by Gasteiger charge is 2.29. The van der Waals surface area contributed by atoms with Crippen molar-refractivity contribution < 1.29 is 28.2 Å². The number of rotatable bonds is 6. The summed E-state index contributed by atoms with van der Waals surface area (Å²) in [7, 11) is 0. The number of carboxylic acid groups (broad SMARTS) is 1. The van der Waals surface area contributed by atoms with Gasteiger partial charge in [0.1, 0.15) is 18.2 Å². The maximum Gasteiger partial charge on any atom is 0.407 e. The van der Waals surface area contributed by atoms with Gasteiger partial charge >= 0.3 is 12.1 Å². The Hall–Kier alpha value is -3.74. The summed E-state index contributed by atoms with van der Waals surface area (Å²) in [6.45, 7) is 0.0191. The number of nitrogens with one attached hydrogen (secondary N) is 1. The van der Waals surface area contributed by atoms with Crippen LogP contribution in [0.2, 0.25) is 0 Å². The van der Waals surface area contributed by atoms with Gasteiger partial charge in [0.15, 0.2) is 0 Å². The number of carbonyl (C=O) groups is 2. The van der Waals surface area contributed by atoms with Crippen molar-refractivity contribution in [3.8, 4) is 11.1 Å². The molecule has 0 saturated heterocycles. The summed E-state index contributed by atoms with van der Waals surface area (Å²) >= 11 is 0. The summed E-state index contributed by atoms with van der Waals surface area (Å²) in [6.07, 6.45) is -1.53. The molecule has 0 unspecified atom stereocenters. The minimum Gasteiger partial charge on any atom is -0.481 e. The van der Waals surface area contributed by atoms with E-state index >= 15 is 0 Å². The summed E-state index contributed by atoms with van der Waals surface area (Å²) < 4.78 is 33.1. The van der Waals surface area contributed by atoms with Crippen molar-refractivity contribution >= 4 is 12.1 Å². The van der Waals surface area contributed by atoms with Gasteiger partial charge < -0.3 is 15.2 Å². The number of fused-ring (bicyclic) bond motifs is 3. The van der Waals surface area contributed by atoms with Crippen LogP contribution in [0.1, 0.15) is 35.1 Å². The van der Waals surface area contributed by atoms with Gasteiger partial charge in [0.25, 0.3) is 0 Å². The fourth-order valence-electron chi connectivity index (χ4n) is 3.98. The van der Waals surface area contributed by atoms with Crippen LogP contribution in [0.5, 0.6) is 0 Å². The average Bonchev–Trinajstić information content (AvgIpc) is 3.07. The summed E-state index contributed by atoms with van der Waals surface area (Å²) in [6, 6.07) is 17.0. The maximum atomic E-state index is 14.1. The molecule has 2 N–H and O–H groups in total. The van der Waals surface area contributed by atoms with E-state index in [1.54, 1.807) is 0 Å². The van der Waals surface area contributed by atoms with Crippen LogP contribution in [0, 0.1) is 11.6 Å². The van der Waals surface area contributed by atoms with E-state index in [9.17, 15) is 18.4 Å². The molecule has 0 aromatic heterocycles. The molecule has 3 aromatic carbocycles. The van der Waals surface area contributed by atoms with E-state index in [0.717, 1.165) is 40.5 Å². The van der Waals surface area contributed by atoms with Crippen molar-refractivity contribution in [2.24, 2.45) is 0 Å². The Morgan fingerprint density at radius 1 is 0.968 bits per heavy atom. The minimum atomic E-state index is -1.27. The van der Waals surface area contributed by atoms with Gasteiger partial charge in [-0.25, -0.2) is 13.6 Å². The lowest BCUT2D eigenvalue weighted by atomic mass is 9.98. The predicted molar refractivity (Wildman–Crippen MR) is 110 cm³/mol. The zero-order valence-electron chi connectivity index (χ0n) is 16.3. The summed E-state index contributed by atoms with van der Waals surface area (Å²) in [5.41, 5.74) is 3.93. The molecule has 4 rings (SSSR count). The molecule has 7 heteroatoms. The zero-order valence-corrected chi connectivity index (χ0v) is 16.3. The van der Waals surface area contributed by atoms with Gasteiger partial charge in [-0.3, -0.25) is 4.79 Å². The first-order valence-electron chi connectivity index (χ1n) is 9.72. The Balaban J connectivity index is 1.50. The first-order chi connectivity index (χ1) is 14.9. The molecule has 31 heavy (non-hydrogen) atoms. The monoisotopic (exact) mass is 423 g/mol. The van der Waals surface area contributed by atoms with Crippen molar-refractivity contribution in [3.63, 3.8) is 0 Å². The van der Waals surface area contributed by atoms with Crippen LogP contribution in [0.25, 0.3) is 11.1 Å². The normalized spacial score (nSPS) is 13.2. The van der Waals surface area contributed by atoms with E-state index in [4.69, 9.17) is 9.84 Å². The molecule has 0 saturated carbocycles. The van der Waals surface area contributed by atoms with E-state index in [1.807, 2.05) is 48.5 Å². The number of hydrogen-bond donors (Lipinski definition) is 2. The molecule has 3 aromatic rings. The number of benzene rings is 3. The Labute approximate surface area is 177 Å². The van der Waals surface area contributed by atoms with Crippen LogP contribution in [0.3, 0.4) is 0 Å². The van der Waals surface area contributed by atoms with Crippen LogP contribution in [0.4, 0.5) is 13.6 Å². The molecule has 0 aliphatic heterocycles. The van der Waals surface area contributed by atoms with Gasteiger partial charge in [-0.1, -0.05) is 48.5 Å². The molecule has 1 aliphatic rings. The van der Waals surface area contributed by atoms with E-state index in [2.05, 4.69) is 5.32 Å². The molecule has 0 fully saturated rings. The van der Waals surface area contributed by atoms with Crippen molar-refractivity contribution in [1.82, 2.24) is 5.32 Å². The second-order valence-electron chi connectivity index (χ2n) is 7.29. The Morgan fingerprint density at radius 2 is 1.58 bits per heavy atom. The zero-order chi connectivity index (χ0) is 22.0. The quantitative estimate of drug-likeness (QED) is 0.584. The Bertz CT molecular complexity index is 1100. The van der Waals surface area contributed by atoms with Crippen molar-refractivity contribution in [2.75, 3.05) is 6.61 Å². The second-order valence-corrected chi connectivity index (χ2v) is 7.29. The molecule has 158 valence electrons. The van der Waals surface area contributed by atoms with Gasteiger partial charge in [0.05, 0.1) is 12.5 Å². The lowest BCUT2D eigenvalue weighted by Gasteiger charge is -2.19. The fraction of sp³-hybridized carbons (Fsp3) is 0.167. The largest absolute Gasteiger partial charge is 0.481 e.